The number of imidazole rings is 1. The first kappa shape index (κ1) is 33.0. The van der Waals surface area contributed by atoms with E-state index in [-0.39, 0.29) is 22.2 Å². The van der Waals surface area contributed by atoms with E-state index in [0.717, 1.165) is 30.4 Å². The van der Waals surface area contributed by atoms with E-state index < -0.39 is 17.7 Å². The molecule has 1 atom stereocenters. The molecule has 4 heterocycles. The van der Waals surface area contributed by atoms with Crippen molar-refractivity contribution < 1.29 is 19.4 Å². The fourth-order valence-electron chi connectivity index (χ4n) is 5.47. The summed E-state index contributed by atoms with van der Waals surface area (Å²) in [6, 6.07) is 15.3. The number of ether oxygens (including phenoxy) is 1. The maximum atomic E-state index is 13.8. The summed E-state index contributed by atoms with van der Waals surface area (Å²) in [5.41, 5.74) is 3.77. The molecule has 0 aliphatic carbocycles. The van der Waals surface area contributed by atoms with Crippen molar-refractivity contribution in [3.63, 3.8) is 0 Å². The lowest BCUT2D eigenvalue weighted by Gasteiger charge is -2.23. The first-order valence-electron chi connectivity index (χ1n) is 15.1. The van der Waals surface area contributed by atoms with Gasteiger partial charge in [-0.25, -0.2) is 4.98 Å². The fourth-order valence-corrected chi connectivity index (χ4v) is 7.90. The number of ketones is 1. The minimum atomic E-state index is -1.00. The second kappa shape index (κ2) is 14.1. The van der Waals surface area contributed by atoms with Crippen LogP contribution in [0.3, 0.4) is 0 Å². The number of benzene rings is 2. The van der Waals surface area contributed by atoms with Crippen LogP contribution in [0.4, 0.5) is 5.13 Å². The largest absolute Gasteiger partial charge is 0.505 e. The zero-order chi connectivity index (χ0) is 33.2. The van der Waals surface area contributed by atoms with Gasteiger partial charge in [0.15, 0.2) is 10.1 Å². The minimum Gasteiger partial charge on any atom is -0.505 e. The lowest BCUT2D eigenvalue weighted by atomic mass is 9.96. The van der Waals surface area contributed by atoms with Crippen LogP contribution in [-0.2, 0) is 15.3 Å². The normalized spacial score (nSPS) is 16.0. The SMILES string of the molecule is CCCCCOc1cccc(C2/C(=C(\O)c3nc4c(C)cccn4c3C)C(=O)C(=O)N2c2nnc(SCc3ccc(Cl)cc3Cl)s2)c1. The summed E-state index contributed by atoms with van der Waals surface area (Å²) in [7, 11) is 0. The van der Waals surface area contributed by atoms with Gasteiger partial charge in [-0.1, -0.05) is 90.3 Å². The zero-order valence-corrected chi connectivity index (χ0v) is 29.0. The molecular formula is C34H31Cl2N5O4S2. The van der Waals surface area contributed by atoms with Crippen LogP contribution in [0, 0.1) is 13.8 Å². The number of Topliss-reactive ketones (excluding diaryl/α,β-unsaturated/α-hetero) is 1. The molecule has 0 bridgehead atoms. The Kier molecular flexibility index (Phi) is 9.88. The number of thioether (sulfide) groups is 1. The topological polar surface area (TPSA) is 110 Å². The maximum Gasteiger partial charge on any atom is 0.301 e. The van der Waals surface area contributed by atoms with E-state index in [1.54, 1.807) is 30.3 Å². The molecule has 6 rings (SSSR count). The molecule has 1 aliphatic rings. The van der Waals surface area contributed by atoms with E-state index in [1.807, 2.05) is 48.7 Å². The summed E-state index contributed by atoms with van der Waals surface area (Å²) in [4.78, 5) is 33.7. The van der Waals surface area contributed by atoms with Crippen molar-refractivity contribution in [2.24, 2.45) is 0 Å². The van der Waals surface area contributed by atoms with Crippen molar-refractivity contribution in [1.29, 1.82) is 0 Å². The van der Waals surface area contributed by atoms with Gasteiger partial charge in [0.05, 0.1) is 23.9 Å². The van der Waals surface area contributed by atoms with E-state index in [0.29, 0.717) is 49.4 Å². The van der Waals surface area contributed by atoms with Crippen molar-refractivity contribution in [1.82, 2.24) is 19.6 Å². The number of aromatic nitrogens is 4. The van der Waals surface area contributed by atoms with E-state index in [1.165, 1.54) is 28.0 Å². The van der Waals surface area contributed by atoms with Crippen molar-refractivity contribution in [2.75, 3.05) is 11.5 Å². The number of rotatable bonds is 11. The highest BCUT2D eigenvalue weighted by molar-refractivity contribution is 8.00. The molecule has 9 nitrogen and oxygen atoms in total. The summed E-state index contributed by atoms with van der Waals surface area (Å²) in [5, 5.41) is 21.7. The Morgan fingerprint density at radius 1 is 1.06 bits per heavy atom. The van der Waals surface area contributed by atoms with Gasteiger partial charge in [0.1, 0.15) is 17.1 Å². The first-order chi connectivity index (χ1) is 22.7. The maximum absolute atomic E-state index is 13.8. The fraction of sp³-hybridized carbons (Fsp3) is 0.265. The second-order valence-electron chi connectivity index (χ2n) is 11.1. The molecule has 0 saturated carbocycles. The highest BCUT2D eigenvalue weighted by Crippen LogP contribution is 2.45. The van der Waals surface area contributed by atoms with Crippen molar-refractivity contribution in [2.45, 2.75) is 56.2 Å². The molecule has 2 aromatic carbocycles. The number of aliphatic hydroxyl groups is 1. The van der Waals surface area contributed by atoms with Crippen LogP contribution in [0.1, 0.15) is 60.3 Å². The summed E-state index contributed by atoms with van der Waals surface area (Å²) >= 11 is 15.0. The predicted octanol–water partition coefficient (Wildman–Crippen LogP) is 8.60. The minimum absolute atomic E-state index is 0.0837. The predicted molar refractivity (Wildman–Crippen MR) is 187 cm³/mol. The number of hydrogen-bond acceptors (Lipinski definition) is 9. The molecule has 1 aliphatic heterocycles. The number of nitrogens with zero attached hydrogens (tertiary/aromatic N) is 5. The van der Waals surface area contributed by atoms with Crippen LogP contribution >= 0.6 is 46.3 Å². The number of anilines is 1. The molecule has 3 aromatic heterocycles. The number of amides is 1. The molecule has 1 saturated heterocycles. The Morgan fingerprint density at radius 3 is 2.66 bits per heavy atom. The van der Waals surface area contributed by atoms with E-state index in [2.05, 4.69) is 22.1 Å². The van der Waals surface area contributed by atoms with Crippen LogP contribution in [-0.4, -0.2) is 43.0 Å². The number of unbranched alkanes of at least 4 members (excludes halogenated alkanes) is 2. The van der Waals surface area contributed by atoms with Crippen LogP contribution in [0.15, 0.2) is 70.7 Å². The average Bonchev–Trinajstić information content (AvgIpc) is 3.74. The number of carbonyl (C=O) groups excluding carboxylic acids is 2. The number of carbonyl (C=O) groups is 2. The number of aliphatic hydroxyl groups excluding tert-OH is 1. The smallest absolute Gasteiger partial charge is 0.301 e. The van der Waals surface area contributed by atoms with Crippen LogP contribution in [0.25, 0.3) is 11.4 Å². The monoisotopic (exact) mass is 707 g/mol. The molecule has 13 heteroatoms. The zero-order valence-electron chi connectivity index (χ0n) is 25.9. The Balaban J connectivity index is 1.41. The van der Waals surface area contributed by atoms with E-state index >= 15 is 0 Å². The number of halogens is 2. The van der Waals surface area contributed by atoms with Crippen LogP contribution in [0.5, 0.6) is 5.75 Å². The Bertz CT molecular complexity index is 2020. The molecule has 242 valence electrons. The Labute approximate surface area is 290 Å². The number of aryl methyl sites for hydroxylation is 2. The van der Waals surface area contributed by atoms with E-state index in [9.17, 15) is 14.7 Å². The molecule has 5 aromatic rings. The van der Waals surface area contributed by atoms with Gasteiger partial charge >= 0.3 is 5.91 Å². The molecule has 1 amide bonds. The lowest BCUT2D eigenvalue weighted by molar-refractivity contribution is -0.132. The van der Waals surface area contributed by atoms with Crippen molar-refractivity contribution in [3.05, 3.63) is 104 Å². The quantitative estimate of drug-likeness (QED) is 0.0363. The molecule has 1 unspecified atom stereocenters. The van der Waals surface area contributed by atoms with Crippen LogP contribution < -0.4 is 9.64 Å². The standard InChI is InChI=1S/C34H31Cl2N5O4S2/c1-4-5-6-15-45-24-11-7-10-21(16-24)28-26(29(42)27-20(3)40-14-8-9-19(2)31(40)37-27)30(43)32(44)41(28)33-38-39-34(47-33)46-18-22-12-13-23(35)17-25(22)36/h7-14,16-17,28,42H,4-6,15,18H2,1-3H3/b29-26+. The van der Waals surface area contributed by atoms with Crippen molar-refractivity contribution >= 4 is 74.5 Å². The first-order valence-corrected chi connectivity index (χ1v) is 17.6. The number of fused-ring (bicyclic) bond motifs is 1. The van der Waals surface area contributed by atoms with Gasteiger partial charge in [-0.2, -0.15) is 0 Å². The highest BCUT2D eigenvalue weighted by atomic mass is 35.5. The van der Waals surface area contributed by atoms with Gasteiger partial charge in [-0.05, 0) is 67.3 Å². The Morgan fingerprint density at radius 2 is 1.89 bits per heavy atom. The number of pyridine rings is 1. The third kappa shape index (κ3) is 6.62. The van der Waals surface area contributed by atoms with Crippen molar-refractivity contribution in [3.8, 4) is 5.75 Å². The average molecular weight is 709 g/mol. The summed E-state index contributed by atoms with van der Waals surface area (Å²) < 4.78 is 8.44. The van der Waals surface area contributed by atoms with Gasteiger partial charge in [0, 0.05) is 22.0 Å². The van der Waals surface area contributed by atoms with Crippen LogP contribution in [0.2, 0.25) is 10.0 Å². The number of hydrogen-bond donors (Lipinski definition) is 1. The van der Waals surface area contributed by atoms with Gasteiger partial charge in [-0.15, -0.1) is 10.2 Å². The van der Waals surface area contributed by atoms with Gasteiger partial charge in [0.25, 0.3) is 5.78 Å². The summed E-state index contributed by atoms with van der Waals surface area (Å²) in [5.74, 6) is -0.930. The molecule has 47 heavy (non-hydrogen) atoms. The van der Waals surface area contributed by atoms with Gasteiger partial charge in [0.2, 0.25) is 5.13 Å². The molecule has 0 radical (unpaired) electrons. The third-order valence-corrected chi connectivity index (χ3v) is 10.6. The second-order valence-corrected chi connectivity index (χ2v) is 14.1. The van der Waals surface area contributed by atoms with Gasteiger partial charge < -0.3 is 14.2 Å². The highest BCUT2D eigenvalue weighted by Gasteiger charge is 2.49. The third-order valence-electron chi connectivity index (χ3n) is 7.91. The summed E-state index contributed by atoms with van der Waals surface area (Å²) in [6.07, 6.45) is 4.85. The molecule has 1 fully saturated rings. The Hall–Kier alpha value is -3.90. The van der Waals surface area contributed by atoms with Gasteiger partial charge in [-0.3, -0.25) is 14.5 Å². The summed E-state index contributed by atoms with van der Waals surface area (Å²) in [6.45, 7) is 6.39. The molecular weight excluding hydrogens is 677 g/mol. The molecule has 1 N–H and O–H groups in total. The molecule has 0 spiro atoms. The lowest BCUT2D eigenvalue weighted by Crippen LogP contribution is -2.29. The van der Waals surface area contributed by atoms with E-state index in [4.69, 9.17) is 27.9 Å².